The highest BCUT2D eigenvalue weighted by Crippen LogP contribution is 2.54. The Hall–Kier alpha value is -3.29. The van der Waals surface area contributed by atoms with Gasteiger partial charge in [-0.25, -0.2) is 4.39 Å². The molecule has 1 aliphatic carbocycles. The van der Waals surface area contributed by atoms with Gasteiger partial charge < -0.3 is 15.0 Å². The highest BCUT2D eigenvalue weighted by atomic mass is 19.2. The summed E-state index contributed by atoms with van der Waals surface area (Å²) in [6.07, 6.45) is 8.82. The fourth-order valence-corrected chi connectivity index (χ4v) is 4.40. The standard InChI is InChI=1S/C28H35F2N3O3/c1-6-21(36-25(30)14-29)13-23(17(2)3)28(9-10-28)27(35)32-15-20-8-7-18(4)11-24(33-20)22-16-31-26(34)12-19(22)5/h6-7,11-13,16-17,25H,8-10,14-15H2,1-5H3,(H,31,34)(H,32,35)/b21-6?,23-13+. The van der Waals surface area contributed by atoms with Crippen molar-refractivity contribution >= 4 is 17.3 Å². The molecular formula is C28H35F2N3O3. The number of alkyl halides is 2. The predicted octanol–water partition coefficient (Wildman–Crippen LogP) is 5.48. The summed E-state index contributed by atoms with van der Waals surface area (Å²) in [7, 11) is 0. The van der Waals surface area contributed by atoms with Gasteiger partial charge in [-0.1, -0.05) is 25.5 Å². The third kappa shape index (κ3) is 6.47. The van der Waals surface area contributed by atoms with Crippen molar-refractivity contribution in [1.29, 1.82) is 0 Å². The molecule has 0 bridgehead atoms. The molecule has 1 saturated carbocycles. The van der Waals surface area contributed by atoms with Crippen molar-refractivity contribution in [3.8, 4) is 0 Å². The molecule has 36 heavy (non-hydrogen) atoms. The van der Waals surface area contributed by atoms with E-state index in [-0.39, 0.29) is 29.7 Å². The van der Waals surface area contributed by atoms with E-state index in [1.807, 2.05) is 33.8 Å². The third-order valence-electron chi connectivity index (χ3n) is 6.49. The van der Waals surface area contributed by atoms with E-state index >= 15 is 0 Å². The summed E-state index contributed by atoms with van der Waals surface area (Å²) in [5.41, 5.74) is 4.19. The van der Waals surface area contributed by atoms with Crippen LogP contribution in [0.4, 0.5) is 8.78 Å². The van der Waals surface area contributed by atoms with E-state index in [1.165, 1.54) is 6.07 Å². The van der Waals surface area contributed by atoms with Crippen LogP contribution in [0.2, 0.25) is 0 Å². The van der Waals surface area contributed by atoms with E-state index in [1.54, 1.807) is 25.3 Å². The lowest BCUT2D eigenvalue weighted by atomic mass is 9.85. The number of nitrogens with one attached hydrogen (secondary N) is 2. The summed E-state index contributed by atoms with van der Waals surface area (Å²) in [6.45, 7) is 8.52. The number of ether oxygens (including phenoxy) is 1. The van der Waals surface area contributed by atoms with E-state index in [0.29, 0.717) is 19.3 Å². The number of hydrogen-bond donors (Lipinski definition) is 2. The topological polar surface area (TPSA) is 83.5 Å². The van der Waals surface area contributed by atoms with Gasteiger partial charge in [-0.05, 0) is 68.9 Å². The molecule has 2 aliphatic rings. The number of aromatic amines is 1. The van der Waals surface area contributed by atoms with Gasteiger partial charge in [-0.15, -0.1) is 0 Å². The van der Waals surface area contributed by atoms with Crippen LogP contribution < -0.4 is 10.9 Å². The molecule has 3 rings (SSSR count). The number of amides is 1. The molecular weight excluding hydrogens is 464 g/mol. The van der Waals surface area contributed by atoms with Gasteiger partial charge in [0.2, 0.25) is 11.5 Å². The highest BCUT2D eigenvalue weighted by Gasteiger charge is 2.53. The highest BCUT2D eigenvalue weighted by molar-refractivity contribution is 5.98. The fraction of sp³-hybridized carbons (Fsp3) is 0.464. The minimum atomic E-state index is -2.04. The summed E-state index contributed by atoms with van der Waals surface area (Å²) in [4.78, 5) is 32.5. The lowest BCUT2D eigenvalue weighted by Gasteiger charge is -2.23. The maximum absolute atomic E-state index is 13.5. The first kappa shape index (κ1) is 27.3. The lowest BCUT2D eigenvalue weighted by Crippen LogP contribution is -2.37. The molecule has 1 aromatic heterocycles. The summed E-state index contributed by atoms with van der Waals surface area (Å²) >= 11 is 0. The number of H-pyrrole nitrogens is 1. The zero-order chi connectivity index (χ0) is 26.5. The second-order valence-electron chi connectivity index (χ2n) is 9.65. The minimum absolute atomic E-state index is 0.0128. The summed E-state index contributed by atoms with van der Waals surface area (Å²) in [5.74, 6) is 0.111. The Morgan fingerprint density at radius 1 is 1.33 bits per heavy atom. The third-order valence-corrected chi connectivity index (χ3v) is 6.49. The van der Waals surface area contributed by atoms with Gasteiger partial charge >= 0.3 is 0 Å². The van der Waals surface area contributed by atoms with E-state index in [2.05, 4.69) is 16.4 Å². The van der Waals surface area contributed by atoms with Crippen LogP contribution in [-0.4, -0.2) is 36.2 Å². The minimum Gasteiger partial charge on any atom is -0.458 e. The molecule has 1 aromatic rings. The number of hydrogen-bond acceptors (Lipinski definition) is 4. The normalized spacial score (nSPS) is 18.6. The SMILES string of the molecule is CC=C(/C=C(\C(C)C)C1(C(=O)NCC2=NC(c3c[nH]c(=O)cc3C)=CC(C)=CC2)CC1)OC(F)CF. The van der Waals surface area contributed by atoms with Crippen molar-refractivity contribution in [2.24, 2.45) is 16.3 Å². The van der Waals surface area contributed by atoms with Crippen LogP contribution in [0.1, 0.15) is 58.1 Å². The molecule has 0 aromatic carbocycles. The number of carbonyl (C=O) groups excluding carboxylic acids is 1. The second kappa shape index (κ2) is 11.6. The molecule has 1 unspecified atom stereocenters. The molecule has 1 aliphatic heterocycles. The molecule has 0 spiro atoms. The Labute approximate surface area is 210 Å². The van der Waals surface area contributed by atoms with Gasteiger partial charge in [0, 0.05) is 30.0 Å². The molecule has 8 heteroatoms. The van der Waals surface area contributed by atoms with Crippen molar-refractivity contribution in [2.45, 2.75) is 60.2 Å². The number of aromatic nitrogens is 1. The molecule has 1 atom stereocenters. The van der Waals surface area contributed by atoms with E-state index in [0.717, 1.165) is 33.7 Å². The molecule has 2 N–H and O–H groups in total. The molecule has 1 fully saturated rings. The Kier molecular flexibility index (Phi) is 8.82. The number of carbonyl (C=O) groups is 1. The van der Waals surface area contributed by atoms with E-state index in [9.17, 15) is 18.4 Å². The van der Waals surface area contributed by atoms with Gasteiger partial charge in [0.25, 0.3) is 6.36 Å². The fourth-order valence-electron chi connectivity index (χ4n) is 4.40. The van der Waals surface area contributed by atoms with Crippen LogP contribution in [0.5, 0.6) is 0 Å². The Balaban J connectivity index is 1.79. The maximum atomic E-state index is 13.5. The lowest BCUT2D eigenvalue weighted by molar-refractivity contribution is -0.124. The number of allylic oxidation sites excluding steroid dienone is 5. The average Bonchev–Trinajstić information content (AvgIpc) is 3.65. The van der Waals surface area contributed by atoms with Gasteiger partial charge in [0.1, 0.15) is 5.76 Å². The first-order chi connectivity index (χ1) is 17.1. The van der Waals surface area contributed by atoms with Crippen molar-refractivity contribution in [3.63, 3.8) is 0 Å². The Morgan fingerprint density at radius 3 is 2.64 bits per heavy atom. The predicted molar refractivity (Wildman–Crippen MR) is 139 cm³/mol. The first-order valence-electron chi connectivity index (χ1n) is 12.3. The molecule has 2 heterocycles. The van der Waals surface area contributed by atoms with E-state index in [4.69, 9.17) is 9.73 Å². The van der Waals surface area contributed by atoms with E-state index < -0.39 is 18.4 Å². The van der Waals surface area contributed by atoms with Gasteiger partial charge in [0.05, 0.1) is 17.7 Å². The van der Waals surface area contributed by atoms with Crippen LogP contribution in [0.3, 0.4) is 0 Å². The van der Waals surface area contributed by atoms with Crippen LogP contribution >= 0.6 is 0 Å². The van der Waals surface area contributed by atoms with Gasteiger partial charge in [-0.3, -0.25) is 14.6 Å². The molecule has 1 amide bonds. The monoisotopic (exact) mass is 499 g/mol. The summed E-state index contributed by atoms with van der Waals surface area (Å²) < 4.78 is 31.1. The number of nitrogens with zero attached hydrogens (tertiary/aromatic N) is 1. The summed E-state index contributed by atoms with van der Waals surface area (Å²) in [5, 5.41) is 3.05. The number of pyridine rings is 1. The van der Waals surface area contributed by atoms with Crippen molar-refractivity contribution in [3.05, 3.63) is 75.0 Å². The molecule has 6 nitrogen and oxygen atoms in total. The largest absolute Gasteiger partial charge is 0.458 e. The zero-order valence-electron chi connectivity index (χ0n) is 21.6. The van der Waals surface area contributed by atoms with Crippen molar-refractivity contribution in [2.75, 3.05) is 13.2 Å². The number of aryl methyl sites for hydroxylation is 1. The zero-order valence-corrected chi connectivity index (χ0v) is 21.6. The Bertz CT molecular complexity index is 1200. The smallest absolute Gasteiger partial charge is 0.266 e. The van der Waals surface area contributed by atoms with Crippen LogP contribution in [0, 0.1) is 18.3 Å². The molecule has 0 radical (unpaired) electrons. The van der Waals surface area contributed by atoms with Crippen molar-refractivity contribution < 1.29 is 18.3 Å². The summed E-state index contributed by atoms with van der Waals surface area (Å²) in [6, 6.07) is 1.54. The van der Waals surface area contributed by atoms with Gasteiger partial charge in [0.15, 0.2) is 6.67 Å². The second-order valence-corrected chi connectivity index (χ2v) is 9.65. The number of aliphatic imine (C=N–C) groups is 1. The van der Waals surface area contributed by atoms with Crippen LogP contribution in [0.25, 0.3) is 5.70 Å². The van der Waals surface area contributed by atoms with Crippen LogP contribution in [0.15, 0.2) is 63.3 Å². The average molecular weight is 500 g/mol. The van der Waals surface area contributed by atoms with Gasteiger partial charge in [-0.2, -0.15) is 4.39 Å². The molecule has 194 valence electrons. The van der Waals surface area contributed by atoms with Crippen molar-refractivity contribution in [1.82, 2.24) is 10.3 Å². The first-order valence-corrected chi connectivity index (χ1v) is 12.3. The number of halogens is 2. The Morgan fingerprint density at radius 2 is 2.06 bits per heavy atom. The maximum Gasteiger partial charge on any atom is 0.266 e. The van der Waals surface area contributed by atoms with Crippen LogP contribution in [-0.2, 0) is 9.53 Å². The number of rotatable bonds is 10. The quantitative estimate of drug-likeness (QED) is 0.330. The molecule has 0 saturated heterocycles.